The SMILES string of the molecule is CC(C)(C)c1ccc(-c2csc(NC(=O)C(F)(F)C(F)(F)C(F)(F)C(F)(F)C(F)(F)C(F)F)n2)cc1. The summed E-state index contributed by atoms with van der Waals surface area (Å²) < 4.78 is 159. The number of alkyl halides is 12. The summed E-state index contributed by atoms with van der Waals surface area (Å²) in [5.41, 5.74) is 1.01. The molecule has 1 heterocycles. The Morgan fingerprint density at radius 3 is 1.78 bits per heavy atom. The number of rotatable bonds is 8. The molecule has 16 heteroatoms. The van der Waals surface area contributed by atoms with Crippen molar-refractivity contribution >= 4 is 22.4 Å². The molecule has 36 heavy (non-hydrogen) atoms. The van der Waals surface area contributed by atoms with E-state index in [0.29, 0.717) is 16.9 Å². The van der Waals surface area contributed by atoms with E-state index in [0.717, 1.165) is 16.3 Å². The van der Waals surface area contributed by atoms with Gasteiger partial charge in [0.25, 0.3) is 0 Å². The lowest BCUT2D eigenvalue weighted by Gasteiger charge is -2.38. The van der Waals surface area contributed by atoms with Crippen molar-refractivity contribution in [1.29, 1.82) is 0 Å². The van der Waals surface area contributed by atoms with Gasteiger partial charge in [-0.3, -0.25) is 10.1 Å². The molecule has 0 fully saturated rings. The Morgan fingerprint density at radius 1 is 0.833 bits per heavy atom. The van der Waals surface area contributed by atoms with Gasteiger partial charge in [0.05, 0.1) is 5.69 Å². The van der Waals surface area contributed by atoms with E-state index in [1.54, 1.807) is 12.1 Å². The van der Waals surface area contributed by atoms with E-state index in [1.165, 1.54) is 12.1 Å². The molecule has 0 saturated carbocycles. The second-order valence-electron chi connectivity index (χ2n) is 8.54. The van der Waals surface area contributed by atoms with Crippen LogP contribution in [0.4, 0.5) is 57.8 Å². The molecule has 0 saturated heterocycles. The van der Waals surface area contributed by atoms with E-state index in [9.17, 15) is 57.5 Å². The minimum absolute atomic E-state index is 0.0132. The number of nitrogens with zero attached hydrogens (tertiary/aromatic N) is 1. The number of benzene rings is 1. The first-order chi connectivity index (χ1) is 16.0. The summed E-state index contributed by atoms with van der Waals surface area (Å²) in [6.45, 7) is 5.72. The molecule has 0 unspecified atom stereocenters. The van der Waals surface area contributed by atoms with Crippen molar-refractivity contribution in [1.82, 2.24) is 4.98 Å². The second-order valence-corrected chi connectivity index (χ2v) is 9.40. The van der Waals surface area contributed by atoms with Gasteiger partial charge >= 0.3 is 41.9 Å². The highest BCUT2D eigenvalue weighted by atomic mass is 32.1. The van der Waals surface area contributed by atoms with E-state index in [4.69, 9.17) is 0 Å². The summed E-state index contributed by atoms with van der Waals surface area (Å²) in [4.78, 5) is 15.3. The van der Waals surface area contributed by atoms with Gasteiger partial charge in [0.15, 0.2) is 5.13 Å². The van der Waals surface area contributed by atoms with Crippen LogP contribution in [0, 0.1) is 0 Å². The average molecular weight is 560 g/mol. The molecule has 0 aliphatic carbocycles. The third-order valence-corrected chi connectivity index (χ3v) is 5.69. The van der Waals surface area contributed by atoms with Crippen molar-refractivity contribution in [3.63, 3.8) is 0 Å². The molecule has 1 aromatic heterocycles. The summed E-state index contributed by atoms with van der Waals surface area (Å²) in [6, 6.07) is 6.43. The molecular weight excluding hydrogens is 544 g/mol. The van der Waals surface area contributed by atoms with Crippen LogP contribution in [0.2, 0.25) is 0 Å². The molecule has 2 aromatic rings. The van der Waals surface area contributed by atoms with Crippen molar-refractivity contribution in [2.45, 2.75) is 62.2 Å². The molecule has 1 N–H and O–H groups in total. The smallest absolute Gasteiger partial charge is 0.296 e. The molecular formula is C20H16F12N2OS. The zero-order chi connectivity index (χ0) is 28.1. The zero-order valence-electron chi connectivity index (χ0n) is 18.3. The molecule has 0 spiro atoms. The zero-order valence-corrected chi connectivity index (χ0v) is 19.1. The predicted octanol–water partition coefficient (Wildman–Crippen LogP) is 7.49. The lowest BCUT2D eigenvalue weighted by molar-refractivity contribution is -0.406. The highest BCUT2D eigenvalue weighted by Crippen LogP contribution is 2.58. The van der Waals surface area contributed by atoms with Gasteiger partial charge in [0, 0.05) is 10.9 Å². The monoisotopic (exact) mass is 560 g/mol. The molecule has 3 nitrogen and oxygen atoms in total. The summed E-state index contributed by atoms with van der Waals surface area (Å²) in [5.74, 6) is -40.2. The number of anilines is 1. The van der Waals surface area contributed by atoms with Crippen LogP contribution in [-0.4, -0.2) is 46.9 Å². The number of carbonyl (C=O) groups is 1. The van der Waals surface area contributed by atoms with Crippen molar-refractivity contribution < 1.29 is 57.5 Å². The first kappa shape index (κ1) is 29.7. The van der Waals surface area contributed by atoms with Crippen molar-refractivity contribution in [3.05, 3.63) is 35.2 Å². The highest BCUT2D eigenvalue weighted by Gasteiger charge is 2.89. The first-order valence-electron chi connectivity index (χ1n) is 9.57. The van der Waals surface area contributed by atoms with Gasteiger partial charge in [0.2, 0.25) is 0 Å². The molecule has 0 atom stereocenters. The van der Waals surface area contributed by atoms with Crippen LogP contribution < -0.4 is 5.32 Å². The van der Waals surface area contributed by atoms with E-state index in [2.05, 4.69) is 4.98 Å². The van der Waals surface area contributed by atoms with Crippen LogP contribution >= 0.6 is 11.3 Å². The highest BCUT2D eigenvalue weighted by molar-refractivity contribution is 7.14. The quantitative estimate of drug-likeness (QED) is 0.340. The Hall–Kier alpha value is -2.52. The number of thiazole rings is 1. The summed E-state index contributed by atoms with van der Waals surface area (Å²) in [5, 5.41) is 1.30. The van der Waals surface area contributed by atoms with Gasteiger partial charge in [0.1, 0.15) is 0 Å². The number of halogens is 12. The largest absolute Gasteiger partial charge is 0.393 e. The van der Waals surface area contributed by atoms with Crippen LogP contribution in [0.3, 0.4) is 0 Å². The van der Waals surface area contributed by atoms with Crippen LogP contribution in [0.25, 0.3) is 11.3 Å². The van der Waals surface area contributed by atoms with Crippen molar-refractivity contribution in [2.75, 3.05) is 5.32 Å². The Morgan fingerprint density at radius 2 is 1.33 bits per heavy atom. The summed E-state index contributed by atoms with van der Waals surface area (Å²) >= 11 is 0.354. The Labute approximate surface area is 199 Å². The maximum atomic E-state index is 14.0. The Balaban J connectivity index is 2.32. The summed E-state index contributed by atoms with van der Waals surface area (Å²) in [7, 11) is 0. The molecule has 0 aliphatic heterocycles. The first-order valence-corrected chi connectivity index (χ1v) is 10.4. The molecule has 0 radical (unpaired) electrons. The molecule has 1 aromatic carbocycles. The average Bonchev–Trinajstić information content (AvgIpc) is 3.20. The van der Waals surface area contributed by atoms with E-state index >= 15 is 0 Å². The van der Waals surface area contributed by atoms with Crippen LogP contribution in [0.5, 0.6) is 0 Å². The van der Waals surface area contributed by atoms with Gasteiger partial charge in [-0.15, -0.1) is 11.3 Å². The fourth-order valence-corrected chi connectivity index (χ4v) is 3.38. The minimum atomic E-state index is -7.79. The number of carbonyl (C=O) groups excluding carboxylic acids is 1. The Kier molecular flexibility index (Phi) is 7.51. The van der Waals surface area contributed by atoms with Gasteiger partial charge in [-0.25, -0.2) is 13.8 Å². The van der Waals surface area contributed by atoms with Crippen LogP contribution in [0.15, 0.2) is 29.6 Å². The second kappa shape index (κ2) is 9.10. The number of aromatic nitrogens is 1. The molecule has 1 amide bonds. The van der Waals surface area contributed by atoms with Gasteiger partial charge in [-0.1, -0.05) is 45.0 Å². The topological polar surface area (TPSA) is 42.0 Å². The number of hydrogen-bond donors (Lipinski definition) is 1. The third-order valence-electron chi connectivity index (χ3n) is 4.93. The number of nitrogens with one attached hydrogen (secondary N) is 1. The lowest BCUT2D eigenvalue weighted by Crippen LogP contribution is -2.70. The van der Waals surface area contributed by atoms with Gasteiger partial charge in [-0.2, -0.15) is 43.9 Å². The van der Waals surface area contributed by atoms with E-state index in [1.807, 2.05) is 20.8 Å². The van der Waals surface area contributed by atoms with Gasteiger partial charge in [-0.05, 0) is 11.0 Å². The Bertz CT molecular complexity index is 1090. The minimum Gasteiger partial charge on any atom is -0.296 e. The number of amides is 1. The maximum absolute atomic E-state index is 14.0. The normalized spacial score (nSPS) is 14.3. The molecule has 0 bridgehead atoms. The van der Waals surface area contributed by atoms with Gasteiger partial charge < -0.3 is 0 Å². The van der Waals surface area contributed by atoms with E-state index in [-0.39, 0.29) is 11.1 Å². The standard InChI is InChI=1S/C20H16F12N2OS/c1-15(2,3)10-6-4-9(5-7-10)11-8-36-14(33-11)34-13(35)17(25,26)19(29,30)20(31,32)18(27,28)16(23,24)12(21)22/h4-8,12H,1-3H3,(H,33,34,35). The third kappa shape index (κ3) is 4.75. The fourth-order valence-electron chi connectivity index (χ4n) is 2.66. The van der Waals surface area contributed by atoms with Crippen molar-refractivity contribution in [3.8, 4) is 11.3 Å². The van der Waals surface area contributed by atoms with Crippen molar-refractivity contribution in [2.24, 2.45) is 0 Å². The van der Waals surface area contributed by atoms with Crippen LogP contribution in [-0.2, 0) is 10.2 Å². The predicted molar refractivity (Wildman–Crippen MR) is 106 cm³/mol. The fraction of sp³-hybridized carbons (Fsp3) is 0.500. The summed E-state index contributed by atoms with van der Waals surface area (Å²) in [6.07, 6.45) is -5.62. The van der Waals surface area contributed by atoms with E-state index < -0.39 is 47.1 Å². The van der Waals surface area contributed by atoms with Crippen LogP contribution in [0.1, 0.15) is 26.3 Å². The molecule has 202 valence electrons. The lowest BCUT2D eigenvalue weighted by atomic mass is 9.86. The maximum Gasteiger partial charge on any atom is 0.393 e. The molecule has 2 rings (SSSR count). The molecule has 0 aliphatic rings. The number of hydrogen-bond acceptors (Lipinski definition) is 3.